The number of allylic oxidation sites excluding steroid dienone is 2. The molecule has 0 aromatic heterocycles. The molecule has 2 aromatic rings. The average molecular weight is 354 g/mol. The third-order valence-corrected chi connectivity index (χ3v) is 5.18. The smallest absolute Gasteiger partial charge is 0.123 e. The van der Waals surface area contributed by atoms with Gasteiger partial charge in [0.25, 0.3) is 0 Å². The maximum atomic E-state index is 13.4. The van der Waals surface area contributed by atoms with E-state index >= 15 is 0 Å². The fraction of sp³-hybridized carbons (Fsp3) is 0.391. The average Bonchev–Trinajstić information content (AvgIpc) is 2.81. The van der Waals surface area contributed by atoms with Crippen LogP contribution in [0, 0.1) is 5.82 Å². The van der Waals surface area contributed by atoms with Crippen LogP contribution in [0.15, 0.2) is 42.5 Å². The summed E-state index contributed by atoms with van der Waals surface area (Å²) in [7, 11) is 0. The van der Waals surface area contributed by atoms with E-state index in [1.165, 1.54) is 34.4 Å². The Labute approximate surface area is 155 Å². The Morgan fingerprint density at radius 2 is 1.65 bits per heavy atom. The SMILES string of the molecule is OCCCCCCC1=C(c2ccc(F)cc2)CCCc2cc(O)ccc21. The summed E-state index contributed by atoms with van der Waals surface area (Å²) in [5.74, 6) is 0.107. The second-order valence-corrected chi connectivity index (χ2v) is 7.05. The highest BCUT2D eigenvalue weighted by atomic mass is 19.1. The van der Waals surface area contributed by atoms with Gasteiger partial charge in [-0.25, -0.2) is 4.39 Å². The third kappa shape index (κ3) is 4.53. The number of phenols is 1. The topological polar surface area (TPSA) is 40.5 Å². The van der Waals surface area contributed by atoms with E-state index in [0.29, 0.717) is 5.75 Å². The summed E-state index contributed by atoms with van der Waals surface area (Å²) in [5.41, 5.74) is 6.15. The molecule has 0 atom stereocenters. The maximum absolute atomic E-state index is 13.4. The lowest BCUT2D eigenvalue weighted by molar-refractivity contribution is 0.282. The zero-order chi connectivity index (χ0) is 18.4. The number of hydrogen-bond acceptors (Lipinski definition) is 2. The van der Waals surface area contributed by atoms with E-state index in [9.17, 15) is 9.50 Å². The molecule has 0 aliphatic heterocycles. The molecular weight excluding hydrogens is 327 g/mol. The summed E-state index contributed by atoms with van der Waals surface area (Å²) in [6.07, 6.45) is 7.96. The molecule has 0 heterocycles. The number of benzene rings is 2. The molecule has 0 amide bonds. The first-order valence-corrected chi connectivity index (χ1v) is 9.60. The molecule has 0 saturated carbocycles. The molecule has 2 N–H and O–H groups in total. The highest BCUT2D eigenvalue weighted by Gasteiger charge is 2.18. The van der Waals surface area contributed by atoms with E-state index in [-0.39, 0.29) is 12.4 Å². The Morgan fingerprint density at radius 1 is 0.885 bits per heavy atom. The van der Waals surface area contributed by atoms with Crippen molar-refractivity contribution in [3.63, 3.8) is 0 Å². The maximum Gasteiger partial charge on any atom is 0.123 e. The summed E-state index contributed by atoms with van der Waals surface area (Å²) in [6, 6.07) is 12.5. The Balaban J connectivity index is 1.96. The van der Waals surface area contributed by atoms with E-state index in [4.69, 9.17) is 5.11 Å². The van der Waals surface area contributed by atoms with Crippen molar-refractivity contribution in [2.75, 3.05) is 6.61 Å². The van der Waals surface area contributed by atoms with Crippen LogP contribution < -0.4 is 0 Å². The molecule has 0 fully saturated rings. The number of unbranched alkanes of at least 4 members (excludes halogenated alkanes) is 3. The lowest BCUT2D eigenvalue weighted by atomic mass is 9.89. The molecule has 0 spiro atoms. The van der Waals surface area contributed by atoms with Gasteiger partial charge in [-0.1, -0.05) is 31.0 Å². The number of aryl methyl sites for hydroxylation is 1. The van der Waals surface area contributed by atoms with E-state index in [0.717, 1.165) is 56.9 Å². The minimum Gasteiger partial charge on any atom is -0.508 e. The summed E-state index contributed by atoms with van der Waals surface area (Å²) in [5, 5.41) is 18.8. The van der Waals surface area contributed by atoms with Gasteiger partial charge in [0.15, 0.2) is 0 Å². The lowest BCUT2D eigenvalue weighted by Crippen LogP contribution is -1.95. The Bertz CT molecular complexity index is 762. The van der Waals surface area contributed by atoms with Gasteiger partial charge in [0, 0.05) is 6.61 Å². The molecule has 0 radical (unpaired) electrons. The van der Waals surface area contributed by atoms with Crippen LogP contribution >= 0.6 is 0 Å². The fourth-order valence-corrected chi connectivity index (χ4v) is 3.87. The number of rotatable bonds is 7. The van der Waals surface area contributed by atoms with Crippen LogP contribution in [0.2, 0.25) is 0 Å². The molecule has 3 heteroatoms. The van der Waals surface area contributed by atoms with Crippen molar-refractivity contribution in [1.29, 1.82) is 0 Å². The van der Waals surface area contributed by atoms with E-state index in [1.807, 2.05) is 24.3 Å². The first-order valence-electron chi connectivity index (χ1n) is 9.60. The quantitative estimate of drug-likeness (QED) is 0.624. The van der Waals surface area contributed by atoms with Crippen LogP contribution in [-0.2, 0) is 6.42 Å². The number of fused-ring (bicyclic) bond motifs is 1. The Hall–Kier alpha value is -2.13. The number of hydrogen-bond donors (Lipinski definition) is 2. The van der Waals surface area contributed by atoms with E-state index < -0.39 is 0 Å². The van der Waals surface area contributed by atoms with Crippen LogP contribution in [0.5, 0.6) is 5.75 Å². The van der Waals surface area contributed by atoms with Crippen molar-refractivity contribution in [3.8, 4) is 5.75 Å². The summed E-state index contributed by atoms with van der Waals surface area (Å²) >= 11 is 0. The third-order valence-electron chi connectivity index (χ3n) is 5.18. The van der Waals surface area contributed by atoms with Crippen molar-refractivity contribution in [2.24, 2.45) is 0 Å². The predicted octanol–water partition coefficient (Wildman–Crippen LogP) is 5.72. The van der Waals surface area contributed by atoms with Crippen molar-refractivity contribution in [2.45, 2.75) is 51.4 Å². The van der Waals surface area contributed by atoms with Gasteiger partial charge in [-0.05, 0) is 90.6 Å². The molecule has 0 bridgehead atoms. The number of aromatic hydroxyl groups is 1. The van der Waals surface area contributed by atoms with Crippen LogP contribution in [0.3, 0.4) is 0 Å². The lowest BCUT2D eigenvalue weighted by Gasteiger charge is -2.16. The molecule has 1 aliphatic carbocycles. The van der Waals surface area contributed by atoms with Crippen LogP contribution in [-0.4, -0.2) is 16.8 Å². The van der Waals surface area contributed by atoms with Gasteiger partial charge in [0.2, 0.25) is 0 Å². The molecular formula is C23H27FO2. The number of aliphatic hydroxyl groups is 1. The van der Waals surface area contributed by atoms with Gasteiger partial charge in [-0.15, -0.1) is 0 Å². The minimum absolute atomic E-state index is 0.209. The van der Waals surface area contributed by atoms with Crippen molar-refractivity contribution in [3.05, 3.63) is 65.0 Å². The van der Waals surface area contributed by atoms with Crippen molar-refractivity contribution in [1.82, 2.24) is 0 Å². The van der Waals surface area contributed by atoms with Gasteiger partial charge in [0.1, 0.15) is 11.6 Å². The van der Waals surface area contributed by atoms with Crippen molar-refractivity contribution < 1.29 is 14.6 Å². The van der Waals surface area contributed by atoms with E-state index in [2.05, 4.69) is 0 Å². The molecule has 0 saturated heterocycles. The molecule has 138 valence electrons. The van der Waals surface area contributed by atoms with Gasteiger partial charge in [-0.2, -0.15) is 0 Å². The second-order valence-electron chi connectivity index (χ2n) is 7.05. The summed E-state index contributed by atoms with van der Waals surface area (Å²) in [4.78, 5) is 0. The Kier molecular flexibility index (Phi) is 6.45. The largest absolute Gasteiger partial charge is 0.508 e. The van der Waals surface area contributed by atoms with Gasteiger partial charge in [0.05, 0.1) is 0 Å². The zero-order valence-corrected chi connectivity index (χ0v) is 15.2. The number of halogens is 1. The summed E-state index contributed by atoms with van der Waals surface area (Å²) in [6.45, 7) is 0.256. The fourth-order valence-electron chi connectivity index (χ4n) is 3.87. The van der Waals surface area contributed by atoms with Crippen LogP contribution in [0.25, 0.3) is 11.1 Å². The minimum atomic E-state index is -0.209. The highest BCUT2D eigenvalue weighted by molar-refractivity contribution is 5.92. The number of aliphatic hydroxyl groups excluding tert-OH is 1. The molecule has 1 aliphatic rings. The van der Waals surface area contributed by atoms with Gasteiger partial charge >= 0.3 is 0 Å². The van der Waals surface area contributed by atoms with Crippen molar-refractivity contribution >= 4 is 11.1 Å². The first-order chi connectivity index (χ1) is 12.7. The van der Waals surface area contributed by atoms with Gasteiger partial charge in [-0.3, -0.25) is 0 Å². The second kappa shape index (κ2) is 9.00. The van der Waals surface area contributed by atoms with Crippen LogP contribution in [0.4, 0.5) is 4.39 Å². The molecule has 2 nitrogen and oxygen atoms in total. The summed E-state index contributed by atoms with van der Waals surface area (Å²) < 4.78 is 13.4. The van der Waals surface area contributed by atoms with E-state index in [1.54, 1.807) is 6.07 Å². The molecule has 26 heavy (non-hydrogen) atoms. The normalized spacial score (nSPS) is 14.2. The molecule has 0 unspecified atom stereocenters. The van der Waals surface area contributed by atoms with Gasteiger partial charge < -0.3 is 10.2 Å². The molecule has 2 aromatic carbocycles. The zero-order valence-electron chi connectivity index (χ0n) is 15.2. The number of phenolic OH excluding ortho intramolecular Hbond substituents is 1. The highest BCUT2D eigenvalue weighted by Crippen LogP contribution is 2.39. The first kappa shape index (κ1) is 18.7. The standard InChI is InChI=1S/C23H27FO2/c24-19-11-9-17(10-12-19)21-8-5-6-18-16-20(26)13-14-22(18)23(21)7-3-1-2-4-15-25/h9-14,16,25-26H,1-8,15H2. The van der Waals surface area contributed by atoms with Crippen LogP contribution in [0.1, 0.15) is 61.6 Å². The monoisotopic (exact) mass is 354 g/mol. The predicted molar refractivity (Wildman–Crippen MR) is 104 cm³/mol. The molecule has 3 rings (SSSR count). The Morgan fingerprint density at radius 3 is 2.42 bits per heavy atom.